The molecule has 2 fully saturated rings. The zero-order valence-electron chi connectivity index (χ0n) is 9.05. The molecule has 0 unspecified atom stereocenters. The van der Waals surface area contributed by atoms with E-state index in [9.17, 15) is 0 Å². The maximum absolute atomic E-state index is 5.57. The molecule has 0 aromatic heterocycles. The third kappa shape index (κ3) is 2.05. The molecule has 0 aromatic carbocycles. The molecule has 2 aliphatic rings. The Hall–Kier alpha value is -0.0800. The molecule has 1 heterocycles. The van der Waals surface area contributed by atoms with Crippen LogP contribution in [0.4, 0.5) is 0 Å². The number of nitrogens with zero attached hydrogens (tertiary/aromatic N) is 1. The van der Waals surface area contributed by atoms with E-state index in [4.69, 9.17) is 4.74 Å². The van der Waals surface area contributed by atoms with Crippen LogP contribution in [-0.4, -0.2) is 36.2 Å². The smallest absolute Gasteiger partial charge is 0.0625 e. The van der Waals surface area contributed by atoms with E-state index in [1.807, 2.05) is 0 Å². The number of ether oxygens (including phenoxy) is 1. The van der Waals surface area contributed by atoms with Gasteiger partial charge in [-0.1, -0.05) is 0 Å². The molecule has 1 aliphatic heterocycles. The van der Waals surface area contributed by atoms with Crippen LogP contribution < -0.4 is 0 Å². The first-order valence-corrected chi connectivity index (χ1v) is 5.43. The van der Waals surface area contributed by atoms with E-state index < -0.39 is 0 Å². The zero-order chi connectivity index (χ0) is 9.47. The van der Waals surface area contributed by atoms with Crippen molar-refractivity contribution < 1.29 is 4.74 Å². The molecule has 76 valence electrons. The topological polar surface area (TPSA) is 12.5 Å². The average molecular weight is 183 g/mol. The van der Waals surface area contributed by atoms with Gasteiger partial charge in [-0.05, 0) is 39.5 Å². The van der Waals surface area contributed by atoms with Crippen molar-refractivity contribution in [1.29, 1.82) is 0 Å². The summed E-state index contributed by atoms with van der Waals surface area (Å²) in [5, 5.41) is 0. The Labute approximate surface area is 81.3 Å². The summed E-state index contributed by atoms with van der Waals surface area (Å²) in [5.41, 5.74) is 0.317. The van der Waals surface area contributed by atoms with Gasteiger partial charge in [0.25, 0.3) is 0 Å². The van der Waals surface area contributed by atoms with Gasteiger partial charge in [-0.25, -0.2) is 0 Å². The third-order valence-corrected chi connectivity index (χ3v) is 3.19. The van der Waals surface area contributed by atoms with Gasteiger partial charge < -0.3 is 4.74 Å². The van der Waals surface area contributed by atoms with Crippen LogP contribution in [-0.2, 0) is 4.74 Å². The van der Waals surface area contributed by atoms with Crippen LogP contribution in [0.1, 0.15) is 33.6 Å². The van der Waals surface area contributed by atoms with E-state index in [1.54, 1.807) is 0 Å². The van der Waals surface area contributed by atoms with Gasteiger partial charge in [-0.2, -0.15) is 0 Å². The Bertz CT molecular complexity index is 181. The molecule has 13 heavy (non-hydrogen) atoms. The second-order valence-corrected chi connectivity index (χ2v) is 5.34. The predicted molar refractivity (Wildman–Crippen MR) is 53.8 cm³/mol. The third-order valence-electron chi connectivity index (χ3n) is 3.19. The lowest BCUT2D eigenvalue weighted by molar-refractivity contribution is -0.0566. The Balaban J connectivity index is 2.03. The molecule has 0 aromatic rings. The molecule has 0 amide bonds. The van der Waals surface area contributed by atoms with Crippen LogP contribution in [0.3, 0.4) is 0 Å². The normalized spacial score (nSPS) is 32.1. The van der Waals surface area contributed by atoms with Gasteiger partial charge in [0, 0.05) is 18.1 Å². The summed E-state index contributed by atoms with van der Waals surface area (Å²) in [6.07, 6.45) is 2.83. The molecule has 2 nitrogen and oxygen atoms in total. The van der Waals surface area contributed by atoms with E-state index in [2.05, 4.69) is 25.7 Å². The lowest BCUT2D eigenvalue weighted by Crippen LogP contribution is -2.55. The summed E-state index contributed by atoms with van der Waals surface area (Å²) in [6, 6.07) is 0.703. The number of hydrogen-bond acceptors (Lipinski definition) is 2. The second kappa shape index (κ2) is 3.25. The minimum atomic E-state index is 0.317. The zero-order valence-corrected chi connectivity index (χ0v) is 9.05. The highest BCUT2D eigenvalue weighted by Gasteiger charge is 2.40. The first kappa shape index (κ1) is 9.47. The summed E-state index contributed by atoms with van der Waals surface area (Å²) in [4.78, 5) is 2.63. The van der Waals surface area contributed by atoms with Crippen LogP contribution in [0.5, 0.6) is 0 Å². The monoisotopic (exact) mass is 183 g/mol. The van der Waals surface area contributed by atoms with E-state index in [-0.39, 0.29) is 0 Å². The molecule has 2 heteroatoms. The first-order valence-electron chi connectivity index (χ1n) is 5.43. The number of morpholine rings is 1. The van der Waals surface area contributed by atoms with Crippen LogP contribution in [0.25, 0.3) is 0 Å². The lowest BCUT2D eigenvalue weighted by Gasteiger charge is -2.44. The van der Waals surface area contributed by atoms with Gasteiger partial charge >= 0.3 is 0 Å². The SMILES string of the molecule is CC(C)(C)N1CCOC[C@@H]1C1CC1. The van der Waals surface area contributed by atoms with Crippen molar-refractivity contribution in [2.24, 2.45) is 5.92 Å². The maximum atomic E-state index is 5.57. The Morgan fingerprint density at radius 2 is 1.92 bits per heavy atom. The lowest BCUT2D eigenvalue weighted by atomic mass is 9.99. The largest absolute Gasteiger partial charge is 0.378 e. The minimum absolute atomic E-state index is 0.317. The summed E-state index contributed by atoms with van der Waals surface area (Å²) in [7, 11) is 0. The van der Waals surface area contributed by atoms with Gasteiger partial charge in [0.15, 0.2) is 0 Å². The van der Waals surface area contributed by atoms with Crippen LogP contribution in [0, 0.1) is 5.92 Å². The maximum Gasteiger partial charge on any atom is 0.0625 e. The second-order valence-electron chi connectivity index (χ2n) is 5.34. The van der Waals surface area contributed by atoms with Gasteiger partial charge in [-0.15, -0.1) is 0 Å². The van der Waals surface area contributed by atoms with E-state index >= 15 is 0 Å². The standard InChI is InChI=1S/C11H21NO/c1-11(2,3)12-6-7-13-8-10(12)9-4-5-9/h9-10H,4-8H2,1-3H3/t10-/m1/s1. The summed E-state index contributed by atoms with van der Waals surface area (Å²) in [6.45, 7) is 9.93. The van der Waals surface area contributed by atoms with Gasteiger partial charge in [-0.3, -0.25) is 4.90 Å². The summed E-state index contributed by atoms with van der Waals surface area (Å²) in [5.74, 6) is 0.930. The molecule has 1 aliphatic carbocycles. The minimum Gasteiger partial charge on any atom is -0.378 e. The first-order chi connectivity index (χ1) is 6.09. The molecule has 0 spiro atoms. The van der Waals surface area contributed by atoms with E-state index in [0.717, 1.165) is 25.7 Å². The van der Waals surface area contributed by atoms with E-state index in [0.29, 0.717) is 11.6 Å². The molecule has 1 saturated carbocycles. The summed E-state index contributed by atoms with van der Waals surface area (Å²) < 4.78 is 5.57. The fourth-order valence-corrected chi connectivity index (χ4v) is 2.33. The van der Waals surface area contributed by atoms with Crippen molar-refractivity contribution in [2.45, 2.75) is 45.2 Å². The van der Waals surface area contributed by atoms with E-state index in [1.165, 1.54) is 12.8 Å². The van der Waals surface area contributed by atoms with Crippen molar-refractivity contribution in [1.82, 2.24) is 4.90 Å². The van der Waals surface area contributed by atoms with Crippen molar-refractivity contribution >= 4 is 0 Å². The number of rotatable bonds is 1. The highest BCUT2D eigenvalue weighted by molar-refractivity contribution is 4.94. The van der Waals surface area contributed by atoms with Gasteiger partial charge in [0.05, 0.1) is 13.2 Å². The quantitative estimate of drug-likeness (QED) is 0.615. The predicted octanol–water partition coefficient (Wildman–Crippen LogP) is 1.90. The molecule has 0 radical (unpaired) electrons. The van der Waals surface area contributed by atoms with Crippen LogP contribution in [0.2, 0.25) is 0 Å². The molecule has 1 atom stereocenters. The molecular weight excluding hydrogens is 162 g/mol. The van der Waals surface area contributed by atoms with Gasteiger partial charge in [0.2, 0.25) is 0 Å². The van der Waals surface area contributed by atoms with Crippen molar-refractivity contribution in [3.63, 3.8) is 0 Å². The molecule has 1 saturated heterocycles. The highest BCUT2D eigenvalue weighted by Crippen LogP contribution is 2.38. The van der Waals surface area contributed by atoms with Crippen LogP contribution >= 0.6 is 0 Å². The average Bonchev–Trinajstić information content (AvgIpc) is 2.85. The Morgan fingerprint density at radius 1 is 1.23 bits per heavy atom. The fourth-order valence-electron chi connectivity index (χ4n) is 2.33. The number of hydrogen-bond donors (Lipinski definition) is 0. The van der Waals surface area contributed by atoms with Crippen molar-refractivity contribution in [2.75, 3.05) is 19.8 Å². The highest BCUT2D eigenvalue weighted by atomic mass is 16.5. The summed E-state index contributed by atoms with van der Waals surface area (Å²) >= 11 is 0. The van der Waals surface area contributed by atoms with Crippen molar-refractivity contribution in [3.8, 4) is 0 Å². The Morgan fingerprint density at radius 3 is 2.46 bits per heavy atom. The van der Waals surface area contributed by atoms with Crippen LogP contribution in [0.15, 0.2) is 0 Å². The molecule has 0 N–H and O–H groups in total. The molecule has 2 rings (SSSR count). The van der Waals surface area contributed by atoms with Crippen molar-refractivity contribution in [3.05, 3.63) is 0 Å². The fraction of sp³-hybridized carbons (Fsp3) is 1.00. The molecule has 0 bridgehead atoms. The molecular formula is C11H21NO. The van der Waals surface area contributed by atoms with Gasteiger partial charge in [0.1, 0.15) is 0 Å². The Kier molecular flexibility index (Phi) is 2.37.